The van der Waals surface area contributed by atoms with Gasteiger partial charge in [0.2, 0.25) is 0 Å². The van der Waals surface area contributed by atoms with Gasteiger partial charge in [0.15, 0.2) is 0 Å². The Hall–Kier alpha value is -2.37. The zero-order valence-corrected chi connectivity index (χ0v) is 14.5. The predicted molar refractivity (Wildman–Crippen MR) is 102 cm³/mol. The molecule has 0 bridgehead atoms. The smallest absolute Gasteiger partial charge is 0.141 e. The van der Waals surface area contributed by atoms with Crippen molar-refractivity contribution in [2.24, 2.45) is 0 Å². The molecule has 0 aliphatic carbocycles. The third-order valence-corrected chi connectivity index (χ3v) is 4.57. The molecule has 4 rings (SSSR count). The van der Waals surface area contributed by atoms with Crippen LogP contribution < -0.4 is 10.6 Å². The van der Waals surface area contributed by atoms with E-state index < -0.39 is 0 Å². The number of aromatic nitrogens is 2. The average molecular weight is 355 g/mol. The lowest BCUT2D eigenvalue weighted by molar-refractivity contribution is 0.0904. The molecule has 1 saturated heterocycles. The Morgan fingerprint density at radius 1 is 0.960 bits per heavy atom. The molecule has 0 spiro atoms. The minimum absolute atomic E-state index is 0.489. The van der Waals surface area contributed by atoms with Crippen LogP contribution in [-0.4, -0.2) is 29.2 Å². The molecule has 1 aromatic heterocycles. The van der Waals surface area contributed by atoms with Gasteiger partial charge in [0, 0.05) is 41.0 Å². The zero-order chi connectivity index (χ0) is 17.1. The fourth-order valence-corrected chi connectivity index (χ4v) is 3.16. The van der Waals surface area contributed by atoms with Crippen molar-refractivity contribution in [2.75, 3.05) is 23.8 Å². The van der Waals surface area contributed by atoms with Crippen LogP contribution in [0.5, 0.6) is 0 Å². The van der Waals surface area contributed by atoms with E-state index in [2.05, 4.69) is 32.7 Å². The van der Waals surface area contributed by atoms with E-state index in [1.165, 1.54) is 0 Å². The van der Waals surface area contributed by atoms with Gasteiger partial charge in [0.25, 0.3) is 0 Å². The van der Waals surface area contributed by atoms with Crippen molar-refractivity contribution in [3.8, 4) is 0 Å². The summed E-state index contributed by atoms with van der Waals surface area (Å²) in [5.41, 5.74) is 2.92. The summed E-state index contributed by atoms with van der Waals surface area (Å²) in [5.74, 6) is 0.770. The summed E-state index contributed by atoms with van der Waals surface area (Å²) in [6, 6.07) is 14.4. The van der Waals surface area contributed by atoms with Crippen LogP contribution in [0, 0.1) is 0 Å². The Bertz CT molecular complexity index is 863. The molecule has 6 heteroatoms. The summed E-state index contributed by atoms with van der Waals surface area (Å²) in [7, 11) is 0. The normalized spacial score (nSPS) is 15.2. The van der Waals surface area contributed by atoms with Crippen molar-refractivity contribution < 1.29 is 4.74 Å². The number of hydrogen-bond acceptors (Lipinski definition) is 5. The van der Waals surface area contributed by atoms with Crippen LogP contribution in [0.1, 0.15) is 12.8 Å². The molecule has 3 aromatic rings. The number of rotatable bonds is 4. The molecule has 2 aromatic carbocycles. The van der Waals surface area contributed by atoms with E-state index in [4.69, 9.17) is 16.3 Å². The standard InChI is InChI=1S/C19H19ClN4O/c20-13-1-6-17-18(11-13)21-12-22-19(17)24-15-4-2-14(3-5-15)23-16-7-9-25-10-8-16/h1-6,11-12,16,23H,7-10H2,(H,21,22,24). The number of benzene rings is 2. The Labute approximate surface area is 151 Å². The number of nitrogens with zero attached hydrogens (tertiary/aromatic N) is 2. The van der Waals surface area contributed by atoms with Crippen molar-refractivity contribution in [3.05, 3.63) is 53.8 Å². The summed E-state index contributed by atoms with van der Waals surface area (Å²) < 4.78 is 5.40. The van der Waals surface area contributed by atoms with E-state index in [1.807, 2.05) is 30.3 Å². The van der Waals surface area contributed by atoms with Crippen molar-refractivity contribution in [1.82, 2.24) is 9.97 Å². The third-order valence-electron chi connectivity index (χ3n) is 4.34. The lowest BCUT2D eigenvalue weighted by Gasteiger charge is -2.24. The highest BCUT2D eigenvalue weighted by atomic mass is 35.5. The molecule has 1 fully saturated rings. The maximum Gasteiger partial charge on any atom is 0.141 e. The molecule has 128 valence electrons. The highest BCUT2D eigenvalue weighted by molar-refractivity contribution is 6.31. The molecule has 2 N–H and O–H groups in total. The van der Waals surface area contributed by atoms with Crippen LogP contribution in [-0.2, 0) is 4.74 Å². The van der Waals surface area contributed by atoms with Gasteiger partial charge in [-0.1, -0.05) is 11.6 Å². The first-order chi connectivity index (χ1) is 12.3. The quantitative estimate of drug-likeness (QED) is 0.716. The van der Waals surface area contributed by atoms with Crippen molar-refractivity contribution >= 4 is 39.7 Å². The first-order valence-electron chi connectivity index (χ1n) is 8.39. The van der Waals surface area contributed by atoms with Gasteiger partial charge in [0.05, 0.1) is 5.52 Å². The third kappa shape index (κ3) is 3.83. The van der Waals surface area contributed by atoms with Gasteiger partial charge in [0.1, 0.15) is 12.1 Å². The largest absolute Gasteiger partial charge is 0.382 e. The SMILES string of the molecule is Clc1ccc2c(Nc3ccc(NC4CCOCC4)cc3)ncnc2c1. The summed E-state index contributed by atoms with van der Waals surface area (Å²) in [6.07, 6.45) is 3.65. The van der Waals surface area contributed by atoms with E-state index in [0.717, 1.165) is 54.2 Å². The van der Waals surface area contributed by atoms with Crippen LogP contribution in [0.15, 0.2) is 48.8 Å². The second-order valence-corrected chi connectivity index (χ2v) is 6.55. The minimum atomic E-state index is 0.489. The van der Waals surface area contributed by atoms with Gasteiger partial charge >= 0.3 is 0 Å². The molecule has 0 saturated carbocycles. The number of fused-ring (bicyclic) bond motifs is 1. The molecular formula is C19H19ClN4O. The number of ether oxygens (including phenoxy) is 1. The maximum absolute atomic E-state index is 6.03. The van der Waals surface area contributed by atoms with E-state index >= 15 is 0 Å². The molecule has 0 unspecified atom stereocenters. The first kappa shape index (κ1) is 16.1. The Morgan fingerprint density at radius 3 is 2.52 bits per heavy atom. The Balaban J connectivity index is 1.49. The highest BCUT2D eigenvalue weighted by Crippen LogP contribution is 2.26. The van der Waals surface area contributed by atoms with Gasteiger partial charge in [-0.15, -0.1) is 0 Å². The van der Waals surface area contributed by atoms with Crippen molar-refractivity contribution in [3.63, 3.8) is 0 Å². The van der Waals surface area contributed by atoms with Gasteiger partial charge in [-0.25, -0.2) is 9.97 Å². The van der Waals surface area contributed by atoms with Crippen molar-refractivity contribution in [1.29, 1.82) is 0 Å². The lowest BCUT2D eigenvalue weighted by Crippen LogP contribution is -2.27. The molecule has 1 aliphatic rings. The first-order valence-corrected chi connectivity index (χ1v) is 8.77. The lowest BCUT2D eigenvalue weighted by atomic mass is 10.1. The topological polar surface area (TPSA) is 59.1 Å². The molecule has 5 nitrogen and oxygen atoms in total. The molecule has 2 heterocycles. The monoisotopic (exact) mass is 354 g/mol. The van der Waals surface area contributed by atoms with Crippen LogP contribution >= 0.6 is 11.6 Å². The summed E-state index contributed by atoms with van der Waals surface area (Å²) in [5, 5.41) is 8.52. The maximum atomic E-state index is 6.03. The van der Waals surface area contributed by atoms with E-state index in [-0.39, 0.29) is 0 Å². The predicted octanol–water partition coefficient (Wildman–Crippen LogP) is 4.62. The van der Waals surface area contributed by atoms with Gasteiger partial charge in [-0.05, 0) is 55.3 Å². The van der Waals surface area contributed by atoms with Crippen LogP contribution in [0.4, 0.5) is 17.2 Å². The van der Waals surface area contributed by atoms with Gasteiger partial charge in [-0.3, -0.25) is 0 Å². The number of halogens is 1. The van der Waals surface area contributed by atoms with Gasteiger partial charge < -0.3 is 15.4 Å². The highest BCUT2D eigenvalue weighted by Gasteiger charge is 2.13. The zero-order valence-electron chi connectivity index (χ0n) is 13.7. The minimum Gasteiger partial charge on any atom is -0.382 e. The second kappa shape index (κ2) is 7.25. The van der Waals surface area contributed by atoms with E-state index in [0.29, 0.717) is 11.1 Å². The molecule has 0 amide bonds. The Morgan fingerprint density at radius 2 is 1.72 bits per heavy atom. The molecule has 1 aliphatic heterocycles. The van der Waals surface area contributed by atoms with Crippen molar-refractivity contribution in [2.45, 2.75) is 18.9 Å². The van der Waals surface area contributed by atoms with Crippen LogP contribution in [0.2, 0.25) is 5.02 Å². The van der Waals surface area contributed by atoms with Gasteiger partial charge in [-0.2, -0.15) is 0 Å². The summed E-state index contributed by atoms with van der Waals surface area (Å²) >= 11 is 6.03. The fourth-order valence-electron chi connectivity index (χ4n) is 2.99. The molecule has 0 radical (unpaired) electrons. The fraction of sp³-hybridized carbons (Fsp3) is 0.263. The van der Waals surface area contributed by atoms with E-state index in [9.17, 15) is 0 Å². The number of nitrogens with one attached hydrogen (secondary N) is 2. The molecule has 25 heavy (non-hydrogen) atoms. The number of hydrogen-bond donors (Lipinski definition) is 2. The van der Waals surface area contributed by atoms with Crippen LogP contribution in [0.3, 0.4) is 0 Å². The van der Waals surface area contributed by atoms with E-state index in [1.54, 1.807) is 6.33 Å². The second-order valence-electron chi connectivity index (χ2n) is 6.12. The summed E-state index contributed by atoms with van der Waals surface area (Å²) in [6.45, 7) is 1.67. The summed E-state index contributed by atoms with van der Waals surface area (Å²) in [4.78, 5) is 8.62. The average Bonchev–Trinajstić information content (AvgIpc) is 2.64. The van der Waals surface area contributed by atoms with Crippen LogP contribution in [0.25, 0.3) is 10.9 Å². The number of anilines is 3. The molecule has 0 atom stereocenters. The molecular weight excluding hydrogens is 336 g/mol. The Kier molecular flexibility index (Phi) is 4.68.